The lowest BCUT2D eigenvalue weighted by Crippen LogP contribution is -2.56. The van der Waals surface area contributed by atoms with Crippen LogP contribution in [0.5, 0.6) is 0 Å². The second kappa shape index (κ2) is 10.6. The minimum Gasteiger partial charge on any atom is -0.359 e. The Labute approximate surface area is 216 Å². The molecule has 1 saturated heterocycles. The number of fused-ring (bicyclic) bond motifs is 1. The van der Waals surface area contributed by atoms with Crippen LogP contribution in [0.3, 0.4) is 0 Å². The number of piperazine rings is 1. The second-order valence-electron chi connectivity index (χ2n) is 10.4. The average Bonchev–Trinajstić information content (AvgIpc) is 3.31. The Balaban J connectivity index is 1.45. The monoisotopic (exact) mass is 503 g/mol. The predicted molar refractivity (Wildman–Crippen MR) is 143 cm³/mol. The number of carbonyl (C=O) groups excluding carboxylic acids is 4. The highest BCUT2D eigenvalue weighted by Gasteiger charge is 2.34. The van der Waals surface area contributed by atoms with Crippen molar-refractivity contribution in [1.82, 2.24) is 20.1 Å². The van der Waals surface area contributed by atoms with E-state index < -0.39 is 11.7 Å². The van der Waals surface area contributed by atoms with Crippen molar-refractivity contribution < 1.29 is 19.2 Å². The van der Waals surface area contributed by atoms with Crippen LogP contribution in [-0.2, 0) is 9.59 Å². The molecule has 0 bridgehead atoms. The lowest BCUT2D eigenvalue weighted by molar-refractivity contribution is -0.130. The molecular weight excluding hydrogens is 470 g/mol. The standard InChI is InChI=1S/C28H33N5O4/c1-18-17-32(26(36)19-9-6-5-7-10-19)13-14-33(18)27(37)25(35)21-15-29-24-20(21)11-8-12-22(24)31-23(34)16-30-28(2,3)4/h5-12,15,18,29-30H,13-14,16-17H2,1-4H3,(H,31,34). The Hall–Kier alpha value is -3.98. The topological polar surface area (TPSA) is 115 Å². The molecule has 0 radical (unpaired) electrons. The first-order valence-electron chi connectivity index (χ1n) is 12.4. The van der Waals surface area contributed by atoms with Gasteiger partial charge in [0, 0.05) is 48.4 Å². The molecule has 0 aliphatic carbocycles. The van der Waals surface area contributed by atoms with E-state index in [2.05, 4.69) is 15.6 Å². The van der Waals surface area contributed by atoms with Crippen LogP contribution in [0.15, 0.2) is 54.7 Å². The normalized spacial score (nSPS) is 16.1. The van der Waals surface area contributed by atoms with E-state index in [9.17, 15) is 19.2 Å². The third kappa shape index (κ3) is 5.89. The molecule has 194 valence electrons. The Bertz CT molecular complexity index is 1330. The second-order valence-corrected chi connectivity index (χ2v) is 10.4. The molecule has 9 nitrogen and oxygen atoms in total. The Morgan fingerprint density at radius 1 is 1.00 bits per heavy atom. The van der Waals surface area contributed by atoms with E-state index in [1.807, 2.05) is 45.9 Å². The van der Waals surface area contributed by atoms with Crippen molar-refractivity contribution >= 4 is 40.1 Å². The van der Waals surface area contributed by atoms with E-state index in [-0.39, 0.29) is 42.0 Å². The van der Waals surface area contributed by atoms with E-state index in [1.165, 1.54) is 11.1 Å². The van der Waals surface area contributed by atoms with Crippen molar-refractivity contribution in [3.63, 3.8) is 0 Å². The number of ketones is 1. The number of para-hydroxylation sites is 1. The van der Waals surface area contributed by atoms with Gasteiger partial charge in [0.15, 0.2) is 0 Å². The summed E-state index contributed by atoms with van der Waals surface area (Å²) < 4.78 is 0. The molecule has 3 aromatic rings. The van der Waals surface area contributed by atoms with Crippen molar-refractivity contribution in [2.45, 2.75) is 39.3 Å². The number of aromatic amines is 1. The fraction of sp³-hybridized carbons (Fsp3) is 0.357. The summed E-state index contributed by atoms with van der Waals surface area (Å²) >= 11 is 0. The maximum absolute atomic E-state index is 13.3. The van der Waals surface area contributed by atoms with E-state index in [0.29, 0.717) is 35.2 Å². The number of amides is 3. The van der Waals surface area contributed by atoms with Crippen LogP contribution in [0.25, 0.3) is 10.9 Å². The number of hydrogen-bond donors (Lipinski definition) is 3. The van der Waals surface area contributed by atoms with Gasteiger partial charge in [0.05, 0.1) is 23.3 Å². The van der Waals surface area contributed by atoms with Crippen LogP contribution in [-0.4, -0.2) is 76.0 Å². The van der Waals surface area contributed by atoms with Crippen LogP contribution in [0.4, 0.5) is 5.69 Å². The van der Waals surface area contributed by atoms with Crippen LogP contribution >= 0.6 is 0 Å². The number of rotatable bonds is 6. The maximum Gasteiger partial charge on any atom is 0.295 e. The minimum absolute atomic E-state index is 0.0882. The van der Waals surface area contributed by atoms with E-state index in [1.54, 1.807) is 35.2 Å². The number of aromatic nitrogens is 1. The zero-order valence-electron chi connectivity index (χ0n) is 21.6. The Kier molecular flexibility index (Phi) is 7.45. The number of benzene rings is 2. The molecule has 1 aliphatic rings. The molecule has 1 unspecified atom stereocenters. The largest absolute Gasteiger partial charge is 0.359 e. The van der Waals surface area contributed by atoms with Gasteiger partial charge in [-0.2, -0.15) is 0 Å². The van der Waals surface area contributed by atoms with Gasteiger partial charge in [0.2, 0.25) is 5.91 Å². The Morgan fingerprint density at radius 2 is 1.73 bits per heavy atom. The highest BCUT2D eigenvalue weighted by atomic mass is 16.2. The van der Waals surface area contributed by atoms with Crippen LogP contribution < -0.4 is 10.6 Å². The average molecular weight is 504 g/mol. The number of nitrogens with zero attached hydrogens (tertiary/aromatic N) is 2. The summed E-state index contributed by atoms with van der Waals surface area (Å²) in [4.78, 5) is 58.0. The minimum atomic E-state index is -0.626. The molecule has 1 fully saturated rings. The summed E-state index contributed by atoms with van der Waals surface area (Å²) in [5.74, 6) is -1.53. The molecule has 1 aromatic heterocycles. The summed E-state index contributed by atoms with van der Waals surface area (Å²) in [5.41, 5.74) is 1.76. The maximum atomic E-state index is 13.3. The molecule has 2 aromatic carbocycles. The molecular formula is C28H33N5O4. The molecule has 3 N–H and O–H groups in total. The molecule has 9 heteroatoms. The highest BCUT2D eigenvalue weighted by molar-refractivity contribution is 6.45. The molecule has 2 heterocycles. The van der Waals surface area contributed by atoms with Gasteiger partial charge in [-0.1, -0.05) is 30.3 Å². The van der Waals surface area contributed by atoms with Gasteiger partial charge in [-0.3, -0.25) is 19.2 Å². The number of Topliss-reactive ketones (excluding diaryl/α,β-unsaturated/α-hetero) is 1. The first-order chi connectivity index (χ1) is 17.5. The number of anilines is 1. The smallest absolute Gasteiger partial charge is 0.295 e. The fourth-order valence-electron chi connectivity index (χ4n) is 4.44. The van der Waals surface area contributed by atoms with Crippen LogP contribution in [0.1, 0.15) is 48.4 Å². The van der Waals surface area contributed by atoms with E-state index >= 15 is 0 Å². The Morgan fingerprint density at radius 3 is 2.41 bits per heavy atom. The first-order valence-corrected chi connectivity index (χ1v) is 12.4. The number of carbonyl (C=O) groups is 4. The summed E-state index contributed by atoms with van der Waals surface area (Å²) in [6.45, 7) is 8.87. The van der Waals surface area contributed by atoms with Crippen molar-refractivity contribution in [2.75, 3.05) is 31.5 Å². The molecule has 0 saturated carbocycles. The quantitative estimate of drug-likeness (QED) is 0.353. The van der Waals surface area contributed by atoms with Crippen molar-refractivity contribution in [2.24, 2.45) is 0 Å². The van der Waals surface area contributed by atoms with Crippen molar-refractivity contribution in [3.8, 4) is 0 Å². The molecule has 0 spiro atoms. The molecule has 3 amide bonds. The predicted octanol–water partition coefficient (Wildman–Crippen LogP) is 3.05. The zero-order valence-corrected chi connectivity index (χ0v) is 21.6. The SMILES string of the molecule is CC1CN(C(=O)c2ccccc2)CCN1C(=O)C(=O)c1c[nH]c2c(NC(=O)CNC(C)(C)C)cccc12. The molecule has 1 aliphatic heterocycles. The lowest BCUT2D eigenvalue weighted by Gasteiger charge is -2.39. The summed E-state index contributed by atoms with van der Waals surface area (Å²) in [7, 11) is 0. The van der Waals surface area contributed by atoms with Gasteiger partial charge < -0.3 is 25.4 Å². The lowest BCUT2D eigenvalue weighted by atomic mass is 10.1. The summed E-state index contributed by atoms with van der Waals surface area (Å²) in [6.07, 6.45) is 1.51. The van der Waals surface area contributed by atoms with Gasteiger partial charge in [0.25, 0.3) is 17.6 Å². The molecule has 37 heavy (non-hydrogen) atoms. The summed E-state index contributed by atoms with van der Waals surface area (Å²) in [6, 6.07) is 13.9. The van der Waals surface area contributed by atoms with E-state index in [4.69, 9.17) is 0 Å². The number of hydrogen-bond acceptors (Lipinski definition) is 5. The van der Waals surface area contributed by atoms with Crippen molar-refractivity contribution in [1.29, 1.82) is 0 Å². The van der Waals surface area contributed by atoms with E-state index in [0.717, 1.165) is 0 Å². The van der Waals surface area contributed by atoms with Gasteiger partial charge in [-0.05, 0) is 45.9 Å². The fourth-order valence-corrected chi connectivity index (χ4v) is 4.44. The first kappa shape index (κ1) is 26.1. The van der Waals surface area contributed by atoms with Gasteiger partial charge in [0.1, 0.15) is 0 Å². The third-order valence-corrected chi connectivity index (χ3v) is 6.40. The van der Waals surface area contributed by atoms with Gasteiger partial charge >= 0.3 is 0 Å². The van der Waals surface area contributed by atoms with Crippen LogP contribution in [0, 0.1) is 0 Å². The van der Waals surface area contributed by atoms with Gasteiger partial charge in [-0.25, -0.2) is 0 Å². The van der Waals surface area contributed by atoms with Gasteiger partial charge in [-0.15, -0.1) is 0 Å². The molecule has 1 atom stereocenters. The van der Waals surface area contributed by atoms with Crippen LogP contribution in [0.2, 0.25) is 0 Å². The highest BCUT2D eigenvalue weighted by Crippen LogP contribution is 2.27. The summed E-state index contributed by atoms with van der Waals surface area (Å²) in [5, 5.41) is 6.56. The number of nitrogens with one attached hydrogen (secondary N) is 3. The zero-order chi connectivity index (χ0) is 26.7. The van der Waals surface area contributed by atoms with Crippen molar-refractivity contribution in [3.05, 3.63) is 65.9 Å². The molecule has 4 rings (SSSR count). The number of H-pyrrole nitrogens is 1. The third-order valence-electron chi connectivity index (χ3n) is 6.40.